The number of hydrogen-bond acceptors (Lipinski definition) is 2. The number of nitrogens with one attached hydrogen (secondary N) is 2. The van der Waals surface area contributed by atoms with Crippen LogP contribution in [0, 0.1) is 5.92 Å². The summed E-state index contributed by atoms with van der Waals surface area (Å²) in [5.74, 6) is -0.934. The van der Waals surface area contributed by atoms with Crippen molar-refractivity contribution in [3.05, 3.63) is 29.3 Å². The van der Waals surface area contributed by atoms with Crippen molar-refractivity contribution in [2.45, 2.75) is 32.6 Å². The number of benzene rings is 1. The molecule has 1 unspecified atom stereocenters. The summed E-state index contributed by atoms with van der Waals surface area (Å²) in [7, 11) is 0. The van der Waals surface area contributed by atoms with Gasteiger partial charge in [-0.2, -0.15) is 0 Å². The minimum Gasteiger partial charge on any atom is -0.481 e. The van der Waals surface area contributed by atoms with E-state index < -0.39 is 5.97 Å². The summed E-state index contributed by atoms with van der Waals surface area (Å²) < 4.78 is 0. The van der Waals surface area contributed by atoms with Crippen LogP contribution >= 0.6 is 0 Å². The molecule has 0 aromatic heterocycles. The van der Waals surface area contributed by atoms with Gasteiger partial charge in [-0.25, -0.2) is 4.79 Å². The van der Waals surface area contributed by atoms with E-state index in [1.54, 1.807) is 6.92 Å². The molecule has 0 aliphatic heterocycles. The lowest BCUT2D eigenvalue weighted by atomic mass is 10.1. The highest BCUT2D eigenvalue weighted by molar-refractivity contribution is 5.89. The van der Waals surface area contributed by atoms with Crippen molar-refractivity contribution >= 4 is 17.7 Å². The van der Waals surface area contributed by atoms with E-state index in [4.69, 9.17) is 5.11 Å². The van der Waals surface area contributed by atoms with Gasteiger partial charge in [-0.15, -0.1) is 0 Å². The maximum absolute atomic E-state index is 11.7. The molecule has 0 fully saturated rings. The summed E-state index contributed by atoms with van der Waals surface area (Å²) in [6, 6.07) is 5.69. The zero-order valence-electron chi connectivity index (χ0n) is 11.6. The third-order valence-corrected chi connectivity index (χ3v) is 3.49. The average Bonchev–Trinajstić information content (AvgIpc) is 2.83. The maximum Gasteiger partial charge on any atom is 0.319 e. The van der Waals surface area contributed by atoms with Gasteiger partial charge in [0.25, 0.3) is 0 Å². The molecule has 5 nitrogen and oxygen atoms in total. The SMILES string of the molecule is CC(CNC(=O)Nc1ccc2c(c1)CCC2)CC(=O)O. The molecule has 0 bridgehead atoms. The Morgan fingerprint density at radius 2 is 2.05 bits per heavy atom. The van der Waals surface area contributed by atoms with Gasteiger partial charge in [0, 0.05) is 18.7 Å². The molecule has 1 aromatic rings. The van der Waals surface area contributed by atoms with E-state index in [0.29, 0.717) is 6.54 Å². The number of aryl methyl sites for hydroxylation is 2. The summed E-state index contributed by atoms with van der Waals surface area (Å²) in [6.45, 7) is 2.15. The Kier molecular flexibility index (Phi) is 4.61. The standard InChI is InChI=1S/C15H20N2O3/c1-10(7-14(18)19)9-16-15(20)17-13-6-5-11-3-2-4-12(11)8-13/h5-6,8,10H,2-4,7,9H2,1H3,(H,18,19)(H2,16,17,20). The van der Waals surface area contributed by atoms with Crippen molar-refractivity contribution in [3.8, 4) is 0 Å². The first-order chi connectivity index (χ1) is 9.54. The monoisotopic (exact) mass is 276 g/mol. The minimum absolute atomic E-state index is 0.0547. The lowest BCUT2D eigenvalue weighted by molar-refractivity contribution is -0.137. The number of carbonyl (C=O) groups is 2. The molecule has 1 aliphatic rings. The van der Waals surface area contributed by atoms with Crippen LogP contribution in [0.25, 0.3) is 0 Å². The Labute approximate surface area is 118 Å². The molecule has 1 atom stereocenters. The Balaban J connectivity index is 1.81. The fourth-order valence-electron chi connectivity index (χ4n) is 2.46. The Bertz CT molecular complexity index is 514. The van der Waals surface area contributed by atoms with Gasteiger partial charge in [-0.05, 0) is 48.4 Å². The van der Waals surface area contributed by atoms with Gasteiger partial charge in [-0.1, -0.05) is 13.0 Å². The summed E-state index contributed by atoms with van der Waals surface area (Å²) in [5.41, 5.74) is 3.46. The average molecular weight is 276 g/mol. The molecular weight excluding hydrogens is 256 g/mol. The third kappa shape index (κ3) is 3.98. The first-order valence-corrected chi connectivity index (χ1v) is 6.93. The third-order valence-electron chi connectivity index (χ3n) is 3.49. The molecule has 0 spiro atoms. The molecule has 2 rings (SSSR count). The molecule has 0 saturated heterocycles. The van der Waals surface area contributed by atoms with Crippen LogP contribution in [0.1, 0.15) is 30.9 Å². The quantitative estimate of drug-likeness (QED) is 0.772. The summed E-state index contributed by atoms with van der Waals surface area (Å²) >= 11 is 0. The highest BCUT2D eigenvalue weighted by Crippen LogP contribution is 2.24. The Morgan fingerprint density at radius 3 is 2.80 bits per heavy atom. The van der Waals surface area contributed by atoms with Crippen molar-refractivity contribution in [2.75, 3.05) is 11.9 Å². The van der Waals surface area contributed by atoms with Crippen LogP contribution in [0.5, 0.6) is 0 Å². The van der Waals surface area contributed by atoms with Gasteiger partial charge in [0.15, 0.2) is 0 Å². The highest BCUT2D eigenvalue weighted by Gasteiger charge is 2.12. The first kappa shape index (κ1) is 14.4. The van der Waals surface area contributed by atoms with E-state index in [1.165, 1.54) is 17.5 Å². The number of carboxylic acid groups (broad SMARTS) is 1. The summed E-state index contributed by atoms with van der Waals surface area (Å²) in [6.07, 6.45) is 3.42. The molecule has 0 saturated carbocycles. The number of rotatable bonds is 5. The van der Waals surface area contributed by atoms with Crippen LogP contribution in [-0.4, -0.2) is 23.7 Å². The fourth-order valence-corrected chi connectivity index (χ4v) is 2.46. The van der Waals surface area contributed by atoms with Crippen LogP contribution in [0.3, 0.4) is 0 Å². The maximum atomic E-state index is 11.7. The van der Waals surface area contributed by atoms with Crippen molar-refractivity contribution in [1.29, 1.82) is 0 Å². The van der Waals surface area contributed by atoms with E-state index in [2.05, 4.69) is 16.7 Å². The van der Waals surface area contributed by atoms with Crippen molar-refractivity contribution < 1.29 is 14.7 Å². The van der Waals surface area contributed by atoms with E-state index in [0.717, 1.165) is 18.5 Å². The smallest absolute Gasteiger partial charge is 0.319 e. The zero-order valence-corrected chi connectivity index (χ0v) is 11.6. The number of amides is 2. The van der Waals surface area contributed by atoms with Crippen LogP contribution in [0.2, 0.25) is 0 Å². The zero-order chi connectivity index (χ0) is 14.5. The topological polar surface area (TPSA) is 78.4 Å². The molecule has 0 heterocycles. The van der Waals surface area contributed by atoms with Crippen molar-refractivity contribution in [3.63, 3.8) is 0 Å². The van der Waals surface area contributed by atoms with Gasteiger partial charge < -0.3 is 15.7 Å². The lowest BCUT2D eigenvalue weighted by Crippen LogP contribution is -2.33. The molecule has 5 heteroatoms. The first-order valence-electron chi connectivity index (χ1n) is 6.93. The summed E-state index contributed by atoms with van der Waals surface area (Å²) in [4.78, 5) is 22.3. The van der Waals surface area contributed by atoms with Crippen LogP contribution in [0.15, 0.2) is 18.2 Å². The van der Waals surface area contributed by atoms with Gasteiger partial charge in [0.1, 0.15) is 0 Å². The van der Waals surface area contributed by atoms with Gasteiger partial charge >= 0.3 is 12.0 Å². The van der Waals surface area contributed by atoms with Gasteiger partial charge in [0.2, 0.25) is 0 Å². The van der Waals surface area contributed by atoms with Crippen molar-refractivity contribution in [2.24, 2.45) is 5.92 Å². The Hall–Kier alpha value is -2.04. The molecule has 20 heavy (non-hydrogen) atoms. The van der Waals surface area contributed by atoms with Crippen LogP contribution in [-0.2, 0) is 17.6 Å². The number of urea groups is 1. The van der Waals surface area contributed by atoms with Gasteiger partial charge in [-0.3, -0.25) is 4.79 Å². The Morgan fingerprint density at radius 1 is 1.30 bits per heavy atom. The second-order valence-electron chi connectivity index (χ2n) is 5.38. The molecule has 3 N–H and O–H groups in total. The number of anilines is 1. The number of carboxylic acids is 1. The van der Waals surface area contributed by atoms with E-state index in [9.17, 15) is 9.59 Å². The molecule has 0 radical (unpaired) electrons. The van der Waals surface area contributed by atoms with Crippen LogP contribution in [0.4, 0.5) is 10.5 Å². The molecule has 1 aromatic carbocycles. The number of hydrogen-bond donors (Lipinski definition) is 3. The predicted octanol–water partition coefficient (Wildman–Crippen LogP) is 2.41. The van der Waals surface area contributed by atoms with Crippen molar-refractivity contribution in [1.82, 2.24) is 5.32 Å². The lowest BCUT2D eigenvalue weighted by Gasteiger charge is -2.12. The number of fused-ring (bicyclic) bond motifs is 1. The highest BCUT2D eigenvalue weighted by atomic mass is 16.4. The molecule has 1 aliphatic carbocycles. The number of aliphatic carboxylic acids is 1. The molecular formula is C15H20N2O3. The van der Waals surface area contributed by atoms with Crippen LogP contribution < -0.4 is 10.6 Å². The number of carbonyl (C=O) groups excluding carboxylic acids is 1. The molecule has 2 amide bonds. The van der Waals surface area contributed by atoms with Gasteiger partial charge in [0.05, 0.1) is 0 Å². The fraction of sp³-hybridized carbons (Fsp3) is 0.467. The predicted molar refractivity (Wildman–Crippen MR) is 76.9 cm³/mol. The second-order valence-corrected chi connectivity index (χ2v) is 5.38. The largest absolute Gasteiger partial charge is 0.481 e. The summed E-state index contributed by atoms with van der Waals surface area (Å²) in [5, 5.41) is 14.1. The molecule has 108 valence electrons. The minimum atomic E-state index is -0.849. The van der Waals surface area contributed by atoms with E-state index in [-0.39, 0.29) is 18.4 Å². The second kappa shape index (κ2) is 6.41. The van der Waals surface area contributed by atoms with E-state index >= 15 is 0 Å². The van der Waals surface area contributed by atoms with E-state index in [1.807, 2.05) is 12.1 Å². The normalized spacial score (nSPS) is 14.4.